The van der Waals surface area contributed by atoms with Gasteiger partial charge in [-0.15, -0.1) is 0 Å². The Hall–Kier alpha value is -3.05. The van der Waals surface area contributed by atoms with Crippen molar-refractivity contribution in [2.24, 2.45) is 0 Å². The first-order chi connectivity index (χ1) is 12.6. The molecule has 0 N–H and O–H groups in total. The number of benzene rings is 1. The van der Waals surface area contributed by atoms with E-state index in [2.05, 4.69) is 25.9 Å². The molecule has 0 radical (unpaired) electrons. The van der Waals surface area contributed by atoms with Gasteiger partial charge in [-0.1, -0.05) is 12.1 Å². The van der Waals surface area contributed by atoms with Crippen molar-refractivity contribution < 1.29 is 9.13 Å². The average molecular weight is 415 g/mol. The standard InChI is InChI=1S/C18H12BrFN4O2/c19-16-17(26-10-13-3-4-15(20)6-14(13)7-21)23-11-24(18(16)25)9-12-2-1-5-22-8-12/h1-6,8,11H,9-10H2. The lowest BCUT2D eigenvalue weighted by molar-refractivity contribution is 0.289. The van der Waals surface area contributed by atoms with Crippen LogP contribution in [0.3, 0.4) is 0 Å². The quantitative estimate of drug-likeness (QED) is 0.640. The molecule has 3 rings (SSSR count). The first kappa shape index (κ1) is 17.8. The van der Waals surface area contributed by atoms with Gasteiger partial charge in [0.1, 0.15) is 23.2 Å². The molecule has 0 fully saturated rings. The molecule has 26 heavy (non-hydrogen) atoms. The predicted octanol–water partition coefficient (Wildman–Crippen LogP) is 3.04. The minimum absolute atomic E-state index is 0.0131. The maximum Gasteiger partial charge on any atom is 0.271 e. The second-order valence-electron chi connectivity index (χ2n) is 5.36. The van der Waals surface area contributed by atoms with Gasteiger partial charge >= 0.3 is 0 Å². The second kappa shape index (κ2) is 7.89. The van der Waals surface area contributed by atoms with Crippen molar-refractivity contribution in [3.8, 4) is 11.9 Å². The van der Waals surface area contributed by atoms with E-state index >= 15 is 0 Å². The molecule has 0 aliphatic carbocycles. The molecule has 0 atom stereocenters. The molecule has 0 spiro atoms. The number of rotatable bonds is 5. The van der Waals surface area contributed by atoms with Crippen LogP contribution >= 0.6 is 15.9 Å². The number of nitriles is 1. The highest BCUT2D eigenvalue weighted by atomic mass is 79.9. The Labute approximate surface area is 156 Å². The molecule has 3 aromatic rings. The van der Waals surface area contributed by atoms with Gasteiger partial charge in [0.15, 0.2) is 0 Å². The Morgan fingerprint density at radius 2 is 2.19 bits per heavy atom. The molecule has 2 heterocycles. The van der Waals surface area contributed by atoms with E-state index in [1.165, 1.54) is 23.0 Å². The van der Waals surface area contributed by atoms with E-state index in [9.17, 15) is 9.18 Å². The lowest BCUT2D eigenvalue weighted by Gasteiger charge is -2.10. The fraction of sp³-hybridized carbons (Fsp3) is 0.111. The Morgan fingerprint density at radius 1 is 1.35 bits per heavy atom. The first-order valence-corrected chi connectivity index (χ1v) is 8.33. The fourth-order valence-corrected chi connectivity index (χ4v) is 2.72. The van der Waals surface area contributed by atoms with Crippen LogP contribution in [0.15, 0.2) is 58.3 Å². The summed E-state index contributed by atoms with van der Waals surface area (Å²) >= 11 is 3.20. The molecule has 8 heteroatoms. The molecule has 130 valence electrons. The van der Waals surface area contributed by atoms with Gasteiger partial charge in [-0.25, -0.2) is 9.37 Å². The zero-order valence-electron chi connectivity index (χ0n) is 13.4. The summed E-state index contributed by atoms with van der Waals surface area (Å²) in [6, 6.07) is 9.40. The number of hydrogen-bond donors (Lipinski definition) is 0. The van der Waals surface area contributed by atoms with E-state index in [1.807, 2.05) is 12.1 Å². The summed E-state index contributed by atoms with van der Waals surface area (Å²) in [5.74, 6) is -0.395. The Balaban J connectivity index is 1.79. The van der Waals surface area contributed by atoms with Crippen molar-refractivity contribution in [2.75, 3.05) is 0 Å². The van der Waals surface area contributed by atoms with E-state index in [4.69, 9.17) is 10.00 Å². The number of pyridine rings is 1. The molecule has 2 aromatic heterocycles. The van der Waals surface area contributed by atoms with Crippen molar-refractivity contribution in [1.29, 1.82) is 5.26 Å². The molecule has 0 saturated carbocycles. The van der Waals surface area contributed by atoms with Gasteiger partial charge in [-0.05, 0) is 39.7 Å². The predicted molar refractivity (Wildman–Crippen MR) is 95.0 cm³/mol. The molecule has 1 aromatic carbocycles. The van der Waals surface area contributed by atoms with Crippen LogP contribution in [0.1, 0.15) is 16.7 Å². The fourth-order valence-electron chi connectivity index (χ4n) is 2.28. The summed E-state index contributed by atoms with van der Waals surface area (Å²) in [5, 5.41) is 9.06. The molecule has 0 bridgehead atoms. The van der Waals surface area contributed by atoms with Crippen molar-refractivity contribution >= 4 is 15.9 Å². The minimum atomic E-state index is -0.498. The van der Waals surface area contributed by atoms with Gasteiger partial charge in [0.25, 0.3) is 5.56 Å². The summed E-state index contributed by atoms with van der Waals surface area (Å²) in [7, 11) is 0. The average Bonchev–Trinajstić information content (AvgIpc) is 2.66. The van der Waals surface area contributed by atoms with Gasteiger partial charge < -0.3 is 4.74 Å². The van der Waals surface area contributed by atoms with Crippen LogP contribution in [0.25, 0.3) is 0 Å². The molecule has 0 amide bonds. The summed E-state index contributed by atoms with van der Waals surface area (Å²) < 4.78 is 20.3. The third-order valence-corrected chi connectivity index (χ3v) is 4.26. The molecule has 6 nitrogen and oxygen atoms in total. The zero-order valence-corrected chi connectivity index (χ0v) is 15.0. The highest BCUT2D eigenvalue weighted by molar-refractivity contribution is 9.10. The van der Waals surface area contributed by atoms with Crippen LogP contribution in [0.5, 0.6) is 5.88 Å². The third kappa shape index (κ3) is 3.95. The SMILES string of the molecule is N#Cc1cc(F)ccc1COc1ncn(Cc2cccnc2)c(=O)c1Br. The van der Waals surface area contributed by atoms with E-state index in [-0.39, 0.29) is 28.1 Å². The second-order valence-corrected chi connectivity index (χ2v) is 6.15. The molecule has 0 saturated heterocycles. The smallest absolute Gasteiger partial charge is 0.271 e. The maximum atomic E-state index is 13.2. The van der Waals surface area contributed by atoms with Crippen LogP contribution in [-0.2, 0) is 13.2 Å². The molecule has 0 unspecified atom stereocenters. The Bertz CT molecular complexity index is 1030. The van der Waals surface area contributed by atoms with Gasteiger partial charge in [0.05, 0.1) is 18.2 Å². The largest absolute Gasteiger partial charge is 0.472 e. The highest BCUT2D eigenvalue weighted by Crippen LogP contribution is 2.20. The molecular formula is C18H12BrFN4O2. The van der Waals surface area contributed by atoms with Crippen molar-refractivity contribution in [3.63, 3.8) is 0 Å². The highest BCUT2D eigenvalue weighted by Gasteiger charge is 2.12. The van der Waals surface area contributed by atoms with E-state index in [0.29, 0.717) is 12.1 Å². The molecular weight excluding hydrogens is 403 g/mol. The van der Waals surface area contributed by atoms with Crippen LogP contribution < -0.4 is 10.3 Å². The number of ether oxygens (including phenoxy) is 1. The maximum absolute atomic E-state index is 13.2. The Morgan fingerprint density at radius 3 is 2.92 bits per heavy atom. The third-order valence-electron chi connectivity index (χ3n) is 3.58. The van der Waals surface area contributed by atoms with Crippen molar-refractivity contribution in [1.82, 2.24) is 14.5 Å². The summed E-state index contributed by atoms with van der Waals surface area (Å²) in [5.41, 5.74) is 1.23. The van der Waals surface area contributed by atoms with E-state index in [0.717, 1.165) is 11.6 Å². The molecule has 0 aliphatic rings. The Kier molecular flexibility index (Phi) is 5.39. The summed E-state index contributed by atoms with van der Waals surface area (Å²) in [4.78, 5) is 20.6. The number of nitrogens with zero attached hydrogens (tertiary/aromatic N) is 4. The van der Waals surface area contributed by atoms with Crippen molar-refractivity contribution in [3.05, 3.63) is 86.4 Å². The first-order valence-electron chi connectivity index (χ1n) is 7.53. The van der Waals surface area contributed by atoms with E-state index in [1.54, 1.807) is 18.5 Å². The summed E-state index contributed by atoms with van der Waals surface area (Å²) in [6.07, 6.45) is 4.70. The van der Waals surface area contributed by atoms with Gasteiger partial charge in [0.2, 0.25) is 5.88 Å². The number of hydrogen-bond acceptors (Lipinski definition) is 5. The zero-order chi connectivity index (χ0) is 18.5. The van der Waals surface area contributed by atoms with Crippen LogP contribution in [-0.4, -0.2) is 14.5 Å². The monoisotopic (exact) mass is 414 g/mol. The van der Waals surface area contributed by atoms with Crippen LogP contribution in [0, 0.1) is 17.1 Å². The number of aromatic nitrogens is 3. The van der Waals surface area contributed by atoms with Crippen LogP contribution in [0.2, 0.25) is 0 Å². The lowest BCUT2D eigenvalue weighted by Crippen LogP contribution is -2.22. The topological polar surface area (TPSA) is 80.8 Å². The van der Waals surface area contributed by atoms with Gasteiger partial charge in [-0.3, -0.25) is 14.3 Å². The number of halogens is 2. The van der Waals surface area contributed by atoms with Crippen molar-refractivity contribution in [2.45, 2.75) is 13.2 Å². The van der Waals surface area contributed by atoms with Gasteiger partial charge in [-0.2, -0.15) is 5.26 Å². The minimum Gasteiger partial charge on any atom is -0.472 e. The van der Waals surface area contributed by atoms with Crippen LogP contribution in [0.4, 0.5) is 4.39 Å². The van der Waals surface area contributed by atoms with E-state index < -0.39 is 5.82 Å². The summed E-state index contributed by atoms with van der Waals surface area (Å²) in [6.45, 7) is 0.315. The normalized spacial score (nSPS) is 10.3. The lowest BCUT2D eigenvalue weighted by atomic mass is 10.1. The molecule has 0 aliphatic heterocycles. The van der Waals surface area contributed by atoms with Gasteiger partial charge in [0, 0.05) is 18.0 Å².